The molecule has 0 saturated heterocycles. The van der Waals surface area contributed by atoms with Gasteiger partial charge in [0.15, 0.2) is 5.75 Å². The lowest BCUT2D eigenvalue weighted by Gasteiger charge is -2.24. The Labute approximate surface area is 229 Å². The summed E-state index contributed by atoms with van der Waals surface area (Å²) in [5.41, 5.74) is 2.22. The van der Waals surface area contributed by atoms with Crippen molar-refractivity contribution in [2.75, 3.05) is 13.7 Å². The first-order chi connectivity index (χ1) is 18.1. The lowest BCUT2D eigenvalue weighted by atomic mass is 10.0. The minimum atomic E-state index is -0.477. The van der Waals surface area contributed by atoms with Gasteiger partial charge >= 0.3 is 6.01 Å². The van der Waals surface area contributed by atoms with Crippen LogP contribution in [-0.4, -0.2) is 35.4 Å². The van der Waals surface area contributed by atoms with Gasteiger partial charge in [-0.2, -0.15) is 9.97 Å². The fourth-order valence-electron chi connectivity index (χ4n) is 4.52. The molecule has 4 aromatic rings. The Kier molecular flexibility index (Phi) is 7.38. The van der Waals surface area contributed by atoms with E-state index in [9.17, 15) is 0 Å². The predicted molar refractivity (Wildman–Crippen MR) is 152 cm³/mol. The molecule has 0 spiro atoms. The number of rotatable bonds is 9. The molecule has 200 valence electrons. The molecule has 7 heteroatoms. The van der Waals surface area contributed by atoms with Crippen LogP contribution in [0.15, 0.2) is 48.5 Å². The van der Waals surface area contributed by atoms with Crippen molar-refractivity contribution in [3.63, 3.8) is 0 Å². The van der Waals surface area contributed by atoms with Gasteiger partial charge in [-0.25, -0.2) is 0 Å². The van der Waals surface area contributed by atoms with Crippen molar-refractivity contribution in [3.8, 4) is 17.6 Å². The van der Waals surface area contributed by atoms with Crippen LogP contribution in [0, 0.1) is 0 Å². The molecule has 1 heterocycles. The van der Waals surface area contributed by atoms with Crippen LogP contribution in [0.2, 0.25) is 5.02 Å². The van der Waals surface area contributed by atoms with Crippen LogP contribution in [-0.2, 0) is 4.74 Å². The van der Waals surface area contributed by atoms with Gasteiger partial charge in [0, 0.05) is 7.11 Å². The third-order valence-corrected chi connectivity index (χ3v) is 7.07. The van der Waals surface area contributed by atoms with E-state index in [-0.39, 0.29) is 18.2 Å². The van der Waals surface area contributed by atoms with Gasteiger partial charge in [0.05, 0.1) is 16.5 Å². The molecule has 5 rings (SSSR count). The number of nitrogens with zero attached hydrogens (tertiary/aromatic N) is 2. The fraction of sp³-hybridized carbons (Fsp3) is 0.419. The number of benzene rings is 3. The van der Waals surface area contributed by atoms with Crippen LogP contribution in [0.4, 0.5) is 0 Å². The number of aromatic nitrogens is 2. The summed E-state index contributed by atoms with van der Waals surface area (Å²) in [6, 6.07) is 16.8. The summed E-state index contributed by atoms with van der Waals surface area (Å²) >= 11 is 7.07. The number of ether oxygens (including phenoxy) is 4. The molecule has 3 aromatic carbocycles. The zero-order valence-electron chi connectivity index (χ0n) is 22.9. The van der Waals surface area contributed by atoms with E-state index in [0.29, 0.717) is 34.7 Å². The molecule has 38 heavy (non-hydrogen) atoms. The molecule has 0 N–H and O–H groups in total. The zero-order chi connectivity index (χ0) is 27.0. The molecule has 1 aliphatic rings. The molecule has 0 radical (unpaired) electrons. The van der Waals surface area contributed by atoms with E-state index < -0.39 is 5.60 Å². The van der Waals surface area contributed by atoms with Gasteiger partial charge < -0.3 is 18.9 Å². The fourth-order valence-corrected chi connectivity index (χ4v) is 4.87. The topological polar surface area (TPSA) is 62.7 Å². The number of methoxy groups -OCH3 is 1. The first kappa shape index (κ1) is 26.5. The summed E-state index contributed by atoms with van der Waals surface area (Å²) in [6.07, 6.45) is 1.78. The van der Waals surface area contributed by atoms with Crippen molar-refractivity contribution in [2.24, 2.45) is 0 Å². The summed E-state index contributed by atoms with van der Waals surface area (Å²) in [7, 11) is 1.64. The summed E-state index contributed by atoms with van der Waals surface area (Å²) in [6.45, 7) is 10.2. The van der Waals surface area contributed by atoms with Gasteiger partial charge in [0.25, 0.3) is 0 Å². The van der Waals surface area contributed by atoms with E-state index in [2.05, 4.69) is 41.4 Å². The smallest absolute Gasteiger partial charge is 0.320 e. The highest BCUT2D eigenvalue weighted by Crippen LogP contribution is 2.50. The normalized spacial score (nSPS) is 15.4. The van der Waals surface area contributed by atoms with E-state index in [4.69, 9.17) is 35.5 Å². The Balaban J connectivity index is 1.66. The summed E-state index contributed by atoms with van der Waals surface area (Å²) in [5.74, 6) is 1.36. The number of hydrogen-bond acceptors (Lipinski definition) is 6. The van der Waals surface area contributed by atoms with Gasteiger partial charge in [0.1, 0.15) is 23.8 Å². The molecule has 0 amide bonds. The highest BCUT2D eigenvalue weighted by atomic mass is 35.5. The maximum Gasteiger partial charge on any atom is 0.320 e. The monoisotopic (exact) mass is 534 g/mol. The maximum absolute atomic E-state index is 7.07. The summed E-state index contributed by atoms with van der Waals surface area (Å²) < 4.78 is 24.3. The van der Waals surface area contributed by atoms with Crippen molar-refractivity contribution in [2.45, 2.75) is 71.2 Å². The second-order valence-electron chi connectivity index (χ2n) is 11.0. The molecule has 0 bridgehead atoms. The largest absolute Gasteiger partial charge is 0.482 e. The molecule has 2 atom stereocenters. The van der Waals surface area contributed by atoms with Crippen molar-refractivity contribution < 1.29 is 18.9 Å². The van der Waals surface area contributed by atoms with Gasteiger partial charge in [0.2, 0.25) is 5.88 Å². The van der Waals surface area contributed by atoms with Crippen LogP contribution in [0.3, 0.4) is 0 Å². The minimum Gasteiger partial charge on any atom is -0.482 e. The minimum absolute atomic E-state index is 0.121. The zero-order valence-corrected chi connectivity index (χ0v) is 23.6. The first-order valence-electron chi connectivity index (χ1n) is 13.2. The molecule has 1 fully saturated rings. The molecule has 0 unspecified atom stereocenters. The Morgan fingerprint density at radius 3 is 2.45 bits per heavy atom. The molecule has 0 aliphatic heterocycles. The van der Waals surface area contributed by atoms with Crippen LogP contribution in [0.5, 0.6) is 17.6 Å². The lowest BCUT2D eigenvalue weighted by molar-refractivity contribution is 0.0668. The van der Waals surface area contributed by atoms with Gasteiger partial charge in [-0.3, -0.25) is 0 Å². The van der Waals surface area contributed by atoms with Crippen molar-refractivity contribution in [1.82, 2.24) is 9.97 Å². The van der Waals surface area contributed by atoms with Crippen LogP contribution < -0.4 is 14.2 Å². The third kappa shape index (κ3) is 5.67. The van der Waals surface area contributed by atoms with E-state index in [1.807, 2.05) is 46.8 Å². The van der Waals surface area contributed by atoms with Crippen LogP contribution in [0.25, 0.3) is 21.7 Å². The Hall–Kier alpha value is -3.09. The van der Waals surface area contributed by atoms with Crippen molar-refractivity contribution in [1.29, 1.82) is 0 Å². The molecule has 6 nitrogen and oxygen atoms in total. The second-order valence-corrected chi connectivity index (χ2v) is 11.4. The van der Waals surface area contributed by atoms with Crippen LogP contribution >= 0.6 is 11.6 Å². The molecule has 1 aromatic heterocycles. The Bertz CT molecular complexity index is 1460. The van der Waals surface area contributed by atoms with E-state index in [1.54, 1.807) is 7.11 Å². The van der Waals surface area contributed by atoms with E-state index >= 15 is 0 Å². The van der Waals surface area contributed by atoms with E-state index in [1.165, 1.54) is 0 Å². The average molecular weight is 535 g/mol. The Morgan fingerprint density at radius 2 is 1.74 bits per heavy atom. The molecular formula is C31H35ClN2O4. The van der Waals surface area contributed by atoms with Gasteiger partial charge in [-0.1, -0.05) is 54.1 Å². The number of halogens is 1. The number of hydrogen-bond donors (Lipinski definition) is 0. The predicted octanol–water partition coefficient (Wildman–Crippen LogP) is 8.04. The average Bonchev–Trinajstić information content (AvgIpc) is 3.73. The van der Waals surface area contributed by atoms with E-state index in [0.717, 1.165) is 40.1 Å². The van der Waals surface area contributed by atoms with Gasteiger partial charge in [-0.15, -0.1) is 0 Å². The standard InChI is InChI=1S/C31H35ClN2O4/c1-18(35-6)17-36-30-33-27-25(29(34-30)38-31(3,4)5)16-24(21-14-15-21)26(32)28(27)37-19(2)22-13-9-11-20-10-7-8-12-23(20)22/h7-13,16,18-19,21H,14-15,17H2,1-6H3/t18-,19-/m0/s1. The second kappa shape index (κ2) is 10.6. The quantitative estimate of drug-likeness (QED) is 0.216. The SMILES string of the molecule is CO[C@@H](C)COc1nc(OC(C)(C)C)c2cc(C3CC3)c(Cl)c(O[C@@H](C)c3cccc4ccccc34)c2n1. The lowest BCUT2D eigenvalue weighted by Crippen LogP contribution is -2.24. The third-order valence-electron chi connectivity index (χ3n) is 6.68. The highest BCUT2D eigenvalue weighted by Gasteiger charge is 2.31. The summed E-state index contributed by atoms with van der Waals surface area (Å²) in [5, 5.41) is 3.65. The highest BCUT2D eigenvalue weighted by molar-refractivity contribution is 6.34. The van der Waals surface area contributed by atoms with Crippen molar-refractivity contribution >= 4 is 33.3 Å². The van der Waals surface area contributed by atoms with Crippen LogP contribution in [0.1, 0.15) is 70.6 Å². The summed E-state index contributed by atoms with van der Waals surface area (Å²) in [4.78, 5) is 9.44. The molecular weight excluding hydrogens is 500 g/mol. The Morgan fingerprint density at radius 1 is 1.00 bits per heavy atom. The number of fused-ring (bicyclic) bond motifs is 2. The first-order valence-corrected chi connectivity index (χ1v) is 13.6. The van der Waals surface area contributed by atoms with Gasteiger partial charge in [-0.05, 0) is 81.3 Å². The maximum atomic E-state index is 7.07. The van der Waals surface area contributed by atoms with Crippen molar-refractivity contribution in [3.05, 3.63) is 64.7 Å². The molecule has 1 saturated carbocycles. The molecule has 1 aliphatic carbocycles.